The molecule has 10 nitrogen and oxygen atoms in total. The van der Waals surface area contributed by atoms with Gasteiger partial charge in [-0.15, -0.1) is 0 Å². The molecule has 0 amide bonds. The molecule has 0 spiro atoms. The number of imidazole rings is 1. The quantitative estimate of drug-likeness (QED) is 0.397. The van der Waals surface area contributed by atoms with Crippen molar-refractivity contribution in [3.8, 4) is 17.1 Å². The molecule has 2 N–H and O–H groups in total. The Morgan fingerprint density at radius 1 is 1.21 bits per heavy atom. The summed E-state index contributed by atoms with van der Waals surface area (Å²) >= 11 is 0. The molecular weight excluding hydrogens is 542 g/mol. The average Bonchev–Trinajstić information content (AvgIpc) is 3.24. The van der Waals surface area contributed by atoms with Crippen molar-refractivity contribution in [1.82, 2.24) is 23.8 Å². The Hall–Kier alpha value is -3.30. The number of rotatable bonds is 8. The van der Waals surface area contributed by atoms with Gasteiger partial charge in [-0.1, -0.05) is 0 Å². The normalized spacial score (nSPS) is 15.5. The number of piperidine rings is 1. The second-order valence-corrected chi connectivity index (χ2v) is 11.3. The molecule has 4 rings (SSSR count). The molecule has 1 aliphatic heterocycles. The Balaban J connectivity index is 1.64. The number of hydrogen-bond acceptors (Lipinski definition) is 8. The number of aryl methyl sites for hydroxylation is 1. The van der Waals surface area contributed by atoms with Crippen molar-refractivity contribution in [2.45, 2.75) is 32.0 Å². The number of aliphatic hydroxyl groups excluding tert-OH is 1. The van der Waals surface area contributed by atoms with Crippen LogP contribution in [-0.2, 0) is 16.2 Å². The molecule has 0 saturated carbocycles. The first-order valence-corrected chi connectivity index (χ1v) is 14.0. The zero-order chi connectivity index (χ0) is 28.5. The molecule has 1 aromatic carbocycles. The first kappa shape index (κ1) is 28.7. The van der Waals surface area contributed by atoms with Crippen LogP contribution >= 0.6 is 0 Å². The van der Waals surface area contributed by atoms with Gasteiger partial charge >= 0.3 is 6.18 Å². The maximum Gasteiger partial charge on any atom is 0.420 e. The molecule has 3 heterocycles. The summed E-state index contributed by atoms with van der Waals surface area (Å²) in [6, 6.07) is 4.16. The van der Waals surface area contributed by atoms with Crippen LogP contribution in [0.3, 0.4) is 0 Å². The Morgan fingerprint density at radius 2 is 1.90 bits per heavy atom. The second-order valence-electron chi connectivity index (χ2n) is 9.36. The first-order chi connectivity index (χ1) is 18.3. The van der Waals surface area contributed by atoms with Crippen LogP contribution in [0.1, 0.15) is 24.2 Å². The summed E-state index contributed by atoms with van der Waals surface area (Å²) in [6.45, 7) is 2.27. The molecule has 0 unspecified atom stereocenters. The summed E-state index contributed by atoms with van der Waals surface area (Å²) < 4.78 is 82.8. The van der Waals surface area contributed by atoms with Crippen LogP contribution in [0.2, 0.25) is 0 Å². The van der Waals surface area contributed by atoms with Crippen LogP contribution in [0.4, 0.5) is 29.2 Å². The Morgan fingerprint density at radius 3 is 2.49 bits per heavy atom. The minimum absolute atomic E-state index is 0.0505. The van der Waals surface area contributed by atoms with E-state index in [1.807, 2.05) is 0 Å². The third-order valence-corrected chi connectivity index (χ3v) is 7.85. The number of nitrogens with one attached hydrogen (secondary N) is 1. The van der Waals surface area contributed by atoms with Gasteiger partial charge in [0.15, 0.2) is 0 Å². The van der Waals surface area contributed by atoms with Gasteiger partial charge in [0, 0.05) is 50.8 Å². The van der Waals surface area contributed by atoms with Crippen LogP contribution in [0, 0.1) is 12.7 Å². The second kappa shape index (κ2) is 11.1. The summed E-state index contributed by atoms with van der Waals surface area (Å²) in [5.41, 5.74) is -1.05. The predicted molar refractivity (Wildman–Crippen MR) is 138 cm³/mol. The number of benzene rings is 1. The number of halogens is 4. The zero-order valence-electron chi connectivity index (χ0n) is 21.6. The van der Waals surface area contributed by atoms with Gasteiger partial charge in [-0.2, -0.15) is 13.2 Å². The molecule has 0 atom stereocenters. The van der Waals surface area contributed by atoms with Gasteiger partial charge in [0.05, 0.1) is 18.6 Å². The number of sulfonamides is 1. The lowest BCUT2D eigenvalue weighted by Gasteiger charge is -2.30. The highest BCUT2D eigenvalue weighted by Crippen LogP contribution is 2.36. The van der Waals surface area contributed by atoms with E-state index in [0.717, 1.165) is 6.26 Å². The minimum Gasteiger partial charge on any atom is -0.395 e. The van der Waals surface area contributed by atoms with Gasteiger partial charge < -0.3 is 19.9 Å². The first-order valence-electron chi connectivity index (χ1n) is 12.1. The zero-order valence-corrected chi connectivity index (χ0v) is 22.4. The molecule has 3 aromatic rings. The van der Waals surface area contributed by atoms with E-state index < -0.39 is 33.3 Å². The van der Waals surface area contributed by atoms with Crippen LogP contribution in [0.25, 0.3) is 17.1 Å². The van der Waals surface area contributed by atoms with E-state index >= 15 is 4.39 Å². The fourth-order valence-electron chi connectivity index (χ4n) is 4.41. The third kappa shape index (κ3) is 6.47. The van der Waals surface area contributed by atoms with Gasteiger partial charge in [-0.25, -0.2) is 32.1 Å². The number of aromatic nitrogens is 4. The summed E-state index contributed by atoms with van der Waals surface area (Å²) in [4.78, 5) is 13.9. The molecule has 1 fully saturated rings. The smallest absolute Gasteiger partial charge is 0.395 e. The van der Waals surface area contributed by atoms with E-state index in [4.69, 9.17) is 5.11 Å². The van der Waals surface area contributed by atoms with Gasteiger partial charge in [0.2, 0.25) is 16.0 Å². The van der Waals surface area contributed by atoms with Gasteiger partial charge in [-0.3, -0.25) is 0 Å². The van der Waals surface area contributed by atoms with Crippen molar-refractivity contribution in [2.75, 3.05) is 49.8 Å². The summed E-state index contributed by atoms with van der Waals surface area (Å²) in [5.74, 6) is -0.425. The highest BCUT2D eigenvalue weighted by molar-refractivity contribution is 7.88. The molecule has 39 heavy (non-hydrogen) atoms. The molecule has 0 bridgehead atoms. The van der Waals surface area contributed by atoms with E-state index in [-0.39, 0.29) is 48.9 Å². The summed E-state index contributed by atoms with van der Waals surface area (Å²) in [6.07, 6.45) is -0.805. The Labute approximate surface area is 223 Å². The van der Waals surface area contributed by atoms with Crippen molar-refractivity contribution in [3.05, 3.63) is 47.8 Å². The lowest BCUT2D eigenvalue weighted by atomic mass is 10.1. The fourth-order valence-corrected chi connectivity index (χ4v) is 5.28. The average molecular weight is 572 g/mol. The molecule has 1 aliphatic rings. The molecule has 1 saturated heterocycles. The van der Waals surface area contributed by atoms with Crippen LogP contribution < -0.4 is 10.2 Å². The Bertz CT molecular complexity index is 1440. The molecule has 0 aliphatic carbocycles. The van der Waals surface area contributed by atoms with E-state index in [9.17, 15) is 21.6 Å². The minimum atomic E-state index is -4.77. The molecule has 212 valence electrons. The number of aliphatic hydroxyl groups is 1. The maximum absolute atomic E-state index is 15.0. The van der Waals surface area contributed by atoms with Crippen LogP contribution in [-0.4, -0.2) is 82.9 Å². The van der Waals surface area contributed by atoms with Crippen LogP contribution in [0.5, 0.6) is 0 Å². The molecule has 2 aromatic heterocycles. The fraction of sp³-hybridized carbons (Fsp3) is 0.458. The van der Waals surface area contributed by atoms with E-state index in [0.29, 0.717) is 31.3 Å². The number of nitrogens with zero attached hydrogens (tertiary/aromatic N) is 6. The predicted octanol–water partition coefficient (Wildman–Crippen LogP) is 3.06. The maximum atomic E-state index is 15.0. The third-order valence-electron chi connectivity index (χ3n) is 6.54. The highest BCUT2D eigenvalue weighted by Gasteiger charge is 2.36. The molecule has 0 radical (unpaired) electrons. The van der Waals surface area contributed by atoms with E-state index in [1.54, 1.807) is 18.0 Å². The molecular formula is C24H29F4N7O3S. The van der Waals surface area contributed by atoms with E-state index in [1.165, 1.54) is 34.1 Å². The standard InChI is InChI=1S/C24H29F4N7O3S/c1-15-30-20(14-35(15)21-5-4-17(12-19(21)25)33(2)10-11-36)22-18(24(26,27)28)13-29-23(32-22)31-16-6-8-34(9-7-16)39(3,37)38/h4-5,12-14,16,36H,6-11H2,1-3H3,(H,29,31,32). The van der Waals surface area contributed by atoms with Crippen molar-refractivity contribution in [1.29, 1.82) is 0 Å². The number of likely N-dealkylation sites (N-methyl/N-ethyl adjacent to an activating group) is 1. The van der Waals surface area contributed by atoms with Gasteiger partial charge in [0.1, 0.15) is 28.6 Å². The van der Waals surface area contributed by atoms with Crippen molar-refractivity contribution in [3.63, 3.8) is 0 Å². The number of hydrogen-bond donors (Lipinski definition) is 2. The number of alkyl halides is 3. The van der Waals surface area contributed by atoms with Crippen LogP contribution in [0.15, 0.2) is 30.6 Å². The summed E-state index contributed by atoms with van der Waals surface area (Å²) in [7, 11) is -1.63. The topological polar surface area (TPSA) is 116 Å². The number of anilines is 2. The SMILES string of the molecule is Cc1nc(-c2nc(NC3CCN(S(C)(=O)=O)CC3)ncc2C(F)(F)F)cn1-c1ccc(N(C)CCO)cc1F. The van der Waals surface area contributed by atoms with E-state index in [2.05, 4.69) is 20.3 Å². The largest absolute Gasteiger partial charge is 0.420 e. The molecule has 15 heteroatoms. The lowest BCUT2D eigenvalue weighted by Crippen LogP contribution is -2.42. The lowest BCUT2D eigenvalue weighted by molar-refractivity contribution is -0.137. The highest BCUT2D eigenvalue weighted by atomic mass is 32.2. The van der Waals surface area contributed by atoms with Crippen molar-refractivity contribution in [2.24, 2.45) is 0 Å². The van der Waals surface area contributed by atoms with Crippen molar-refractivity contribution >= 4 is 21.7 Å². The monoisotopic (exact) mass is 571 g/mol. The van der Waals surface area contributed by atoms with Crippen molar-refractivity contribution < 1.29 is 31.1 Å². The Kier molecular flexibility index (Phi) is 8.14. The van der Waals surface area contributed by atoms with Gasteiger partial charge in [0.25, 0.3) is 0 Å². The summed E-state index contributed by atoms with van der Waals surface area (Å²) in [5, 5.41) is 12.1. The van der Waals surface area contributed by atoms with Gasteiger partial charge in [-0.05, 0) is 38.0 Å².